The largest absolute Gasteiger partial charge is 0.378 e. The SMILES string of the molecule is CCCCN=C(N)NCC[C@H]1CCCO1. The van der Waals surface area contributed by atoms with Crippen molar-refractivity contribution >= 4 is 5.96 Å². The van der Waals surface area contributed by atoms with Crippen LogP contribution in [0.2, 0.25) is 0 Å². The van der Waals surface area contributed by atoms with Crippen molar-refractivity contribution in [3.05, 3.63) is 0 Å². The normalized spacial score (nSPS) is 21.9. The van der Waals surface area contributed by atoms with Gasteiger partial charge in [0.1, 0.15) is 0 Å². The van der Waals surface area contributed by atoms with Gasteiger partial charge in [-0.2, -0.15) is 0 Å². The van der Waals surface area contributed by atoms with Crippen LogP contribution in [0.4, 0.5) is 0 Å². The van der Waals surface area contributed by atoms with E-state index in [2.05, 4.69) is 17.2 Å². The first-order valence-corrected chi connectivity index (χ1v) is 5.98. The van der Waals surface area contributed by atoms with Gasteiger partial charge in [-0.05, 0) is 25.7 Å². The molecule has 0 spiro atoms. The maximum absolute atomic E-state index is 5.70. The first-order chi connectivity index (χ1) is 7.33. The summed E-state index contributed by atoms with van der Waals surface area (Å²) in [6.07, 6.45) is 6.12. The Kier molecular flexibility index (Phi) is 6.16. The van der Waals surface area contributed by atoms with Crippen LogP contribution >= 0.6 is 0 Å². The summed E-state index contributed by atoms with van der Waals surface area (Å²) in [6.45, 7) is 4.77. The summed E-state index contributed by atoms with van der Waals surface area (Å²) < 4.78 is 5.51. The van der Waals surface area contributed by atoms with E-state index in [4.69, 9.17) is 10.5 Å². The van der Waals surface area contributed by atoms with Crippen molar-refractivity contribution in [2.45, 2.75) is 45.1 Å². The Bertz CT molecular complexity index is 188. The van der Waals surface area contributed by atoms with E-state index in [0.29, 0.717) is 12.1 Å². The topological polar surface area (TPSA) is 59.6 Å². The summed E-state index contributed by atoms with van der Waals surface area (Å²) in [6, 6.07) is 0. The Hall–Kier alpha value is -0.770. The van der Waals surface area contributed by atoms with E-state index in [1.807, 2.05) is 0 Å². The fraction of sp³-hybridized carbons (Fsp3) is 0.909. The average Bonchev–Trinajstić information content (AvgIpc) is 2.71. The van der Waals surface area contributed by atoms with Gasteiger partial charge in [0.2, 0.25) is 0 Å². The summed E-state index contributed by atoms with van der Waals surface area (Å²) in [5, 5.41) is 3.12. The lowest BCUT2D eigenvalue weighted by atomic mass is 10.2. The third-order valence-corrected chi connectivity index (χ3v) is 2.59. The number of guanidine groups is 1. The predicted molar refractivity (Wildman–Crippen MR) is 63.0 cm³/mol. The molecule has 1 aliphatic heterocycles. The van der Waals surface area contributed by atoms with Gasteiger partial charge in [0.05, 0.1) is 6.10 Å². The number of nitrogens with two attached hydrogens (primary N) is 1. The molecule has 1 heterocycles. The van der Waals surface area contributed by atoms with Crippen LogP contribution in [-0.2, 0) is 4.74 Å². The van der Waals surface area contributed by atoms with Crippen molar-refractivity contribution in [3.8, 4) is 0 Å². The van der Waals surface area contributed by atoms with Gasteiger partial charge >= 0.3 is 0 Å². The van der Waals surface area contributed by atoms with Crippen LogP contribution in [0.15, 0.2) is 4.99 Å². The van der Waals surface area contributed by atoms with E-state index < -0.39 is 0 Å². The summed E-state index contributed by atoms with van der Waals surface area (Å²) in [7, 11) is 0. The van der Waals surface area contributed by atoms with Crippen molar-refractivity contribution < 1.29 is 4.74 Å². The number of rotatable bonds is 6. The highest BCUT2D eigenvalue weighted by atomic mass is 16.5. The Morgan fingerprint density at radius 1 is 1.60 bits per heavy atom. The van der Waals surface area contributed by atoms with Gasteiger partial charge < -0.3 is 15.8 Å². The van der Waals surface area contributed by atoms with E-state index in [0.717, 1.165) is 39.0 Å². The maximum atomic E-state index is 5.70. The first-order valence-electron chi connectivity index (χ1n) is 5.98. The molecule has 0 bridgehead atoms. The Balaban J connectivity index is 2.00. The second kappa shape index (κ2) is 7.51. The van der Waals surface area contributed by atoms with Crippen molar-refractivity contribution in [2.24, 2.45) is 10.7 Å². The van der Waals surface area contributed by atoms with Gasteiger partial charge in [-0.1, -0.05) is 13.3 Å². The van der Waals surface area contributed by atoms with E-state index in [-0.39, 0.29) is 0 Å². The molecule has 0 aromatic rings. The van der Waals surface area contributed by atoms with Crippen molar-refractivity contribution in [1.29, 1.82) is 0 Å². The average molecular weight is 213 g/mol. The van der Waals surface area contributed by atoms with Gasteiger partial charge in [-0.3, -0.25) is 4.99 Å². The molecular formula is C11H23N3O. The van der Waals surface area contributed by atoms with Gasteiger partial charge in [0.15, 0.2) is 5.96 Å². The Morgan fingerprint density at radius 2 is 2.47 bits per heavy atom. The molecule has 4 heteroatoms. The van der Waals surface area contributed by atoms with Crippen LogP contribution in [-0.4, -0.2) is 31.8 Å². The Labute approximate surface area is 92.3 Å². The molecule has 1 fully saturated rings. The molecule has 3 N–H and O–H groups in total. The molecule has 88 valence electrons. The second-order valence-corrected chi connectivity index (χ2v) is 3.97. The molecule has 1 aliphatic rings. The zero-order chi connectivity index (χ0) is 10.9. The lowest BCUT2D eigenvalue weighted by Gasteiger charge is -2.10. The van der Waals surface area contributed by atoms with Crippen LogP contribution in [0.5, 0.6) is 0 Å². The minimum atomic E-state index is 0.431. The van der Waals surface area contributed by atoms with E-state index >= 15 is 0 Å². The molecule has 0 saturated carbocycles. The fourth-order valence-electron chi connectivity index (χ4n) is 1.65. The first kappa shape index (κ1) is 12.3. The van der Waals surface area contributed by atoms with E-state index in [9.17, 15) is 0 Å². The molecule has 0 aromatic carbocycles. The van der Waals surface area contributed by atoms with Crippen LogP contribution < -0.4 is 11.1 Å². The minimum absolute atomic E-state index is 0.431. The van der Waals surface area contributed by atoms with Crippen molar-refractivity contribution in [3.63, 3.8) is 0 Å². The zero-order valence-electron chi connectivity index (χ0n) is 9.67. The van der Waals surface area contributed by atoms with Crippen molar-refractivity contribution in [1.82, 2.24) is 5.32 Å². The predicted octanol–water partition coefficient (Wildman–Crippen LogP) is 1.26. The molecule has 0 unspecified atom stereocenters. The lowest BCUT2D eigenvalue weighted by Crippen LogP contribution is -2.33. The molecular weight excluding hydrogens is 190 g/mol. The highest BCUT2D eigenvalue weighted by Crippen LogP contribution is 2.14. The third kappa shape index (κ3) is 5.62. The molecule has 0 aromatic heterocycles. The number of hydrogen-bond donors (Lipinski definition) is 2. The highest BCUT2D eigenvalue weighted by Gasteiger charge is 2.14. The number of unbranched alkanes of at least 4 members (excludes halogenated alkanes) is 1. The monoisotopic (exact) mass is 213 g/mol. The summed E-state index contributed by atoms with van der Waals surface area (Å²) in [5.74, 6) is 0.571. The maximum Gasteiger partial charge on any atom is 0.188 e. The van der Waals surface area contributed by atoms with E-state index in [1.165, 1.54) is 12.8 Å². The summed E-state index contributed by atoms with van der Waals surface area (Å²) in [4.78, 5) is 4.22. The van der Waals surface area contributed by atoms with Crippen LogP contribution in [0, 0.1) is 0 Å². The molecule has 0 aliphatic carbocycles. The fourth-order valence-corrected chi connectivity index (χ4v) is 1.65. The molecule has 1 rings (SSSR count). The summed E-state index contributed by atoms with van der Waals surface area (Å²) >= 11 is 0. The molecule has 15 heavy (non-hydrogen) atoms. The van der Waals surface area contributed by atoms with E-state index in [1.54, 1.807) is 0 Å². The molecule has 0 amide bonds. The zero-order valence-corrected chi connectivity index (χ0v) is 9.67. The number of nitrogens with one attached hydrogen (secondary N) is 1. The number of hydrogen-bond acceptors (Lipinski definition) is 2. The molecule has 1 atom stereocenters. The lowest BCUT2D eigenvalue weighted by molar-refractivity contribution is 0.105. The van der Waals surface area contributed by atoms with Gasteiger partial charge in [0.25, 0.3) is 0 Å². The van der Waals surface area contributed by atoms with Crippen molar-refractivity contribution in [2.75, 3.05) is 19.7 Å². The van der Waals surface area contributed by atoms with Gasteiger partial charge in [0, 0.05) is 19.7 Å². The van der Waals surface area contributed by atoms with Crippen LogP contribution in [0.25, 0.3) is 0 Å². The van der Waals surface area contributed by atoms with Gasteiger partial charge in [-0.25, -0.2) is 0 Å². The highest BCUT2D eigenvalue weighted by molar-refractivity contribution is 5.77. The number of ether oxygens (including phenoxy) is 1. The summed E-state index contributed by atoms with van der Waals surface area (Å²) in [5.41, 5.74) is 5.70. The quantitative estimate of drug-likeness (QED) is 0.397. The Morgan fingerprint density at radius 3 is 3.13 bits per heavy atom. The van der Waals surface area contributed by atoms with Crippen LogP contribution in [0.1, 0.15) is 39.0 Å². The van der Waals surface area contributed by atoms with Gasteiger partial charge in [-0.15, -0.1) is 0 Å². The number of nitrogens with zero attached hydrogens (tertiary/aromatic N) is 1. The molecule has 4 nitrogen and oxygen atoms in total. The third-order valence-electron chi connectivity index (χ3n) is 2.59. The molecule has 0 radical (unpaired) electrons. The second-order valence-electron chi connectivity index (χ2n) is 3.97. The smallest absolute Gasteiger partial charge is 0.188 e. The standard InChI is InChI=1S/C11H23N3O/c1-2-3-7-13-11(12)14-8-6-10-5-4-9-15-10/h10H,2-9H2,1H3,(H3,12,13,14)/t10-/m1/s1. The van der Waals surface area contributed by atoms with Crippen LogP contribution in [0.3, 0.4) is 0 Å². The number of aliphatic imine (C=N–C) groups is 1. The molecule has 1 saturated heterocycles. The minimum Gasteiger partial charge on any atom is -0.378 e.